The Kier molecular flexibility index (Phi) is 5.99. The van der Waals surface area contributed by atoms with Crippen LogP contribution in [-0.4, -0.2) is 4.92 Å². The summed E-state index contributed by atoms with van der Waals surface area (Å²) in [6.45, 7) is 0.238. The molecule has 0 heterocycles. The highest BCUT2D eigenvalue weighted by molar-refractivity contribution is 5.90. The van der Waals surface area contributed by atoms with Gasteiger partial charge in [-0.3, -0.25) is 10.1 Å². The average molecular weight is 381 g/mol. The largest absolute Gasteiger partial charge is 0.488 e. The molecule has 0 spiro atoms. The molecule has 6 heteroatoms. The third-order valence-corrected chi connectivity index (χ3v) is 4.21. The standard InChI is InChI=1S/C23H15N3O3/c24-14-17-5-9-19(10-6-17)21(15-25)13-20-3-1-2-4-23(20)29-16-18-7-11-22(12-8-18)26(27)28/h1-13H,16H2/b21-13-. The van der Waals surface area contributed by atoms with Crippen LogP contribution < -0.4 is 4.74 Å². The summed E-state index contributed by atoms with van der Waals surface area (Å²) in [5.41, 5.74) is 3.23. The minimum atomic E-state index is -0.447. The van der Waals surface area contributed by atoms with Crippen molar-refractivity contribution in [2.75, 3.05) is 0 Å². The first-order chi connectivity index (χ1) is 14.1. The molecule has 0 bridgehead atoms. The lowest BCUT2D eigenvalue weighted by molar-refractivity contribution is -0.384. The molecule has 0 unspecified atom stereocenters. The van der Waals surface area contributed by atoms with Crippen molar-refractivity contribution in [1.82, 2.24) is 0 Å². The van der Waals surface area contributed by atoms with Gasteiger partial charge < -0.3 is 4.74 Å². The SMILES string of the molecule is N#C/C(=C/c1ccccc1OCc1ccc([N+](=O)[O-])cc1)c1ccc(C#N)cc1. The van der Waals surface area contributed by atoms with E-state index in [0.717, 1.165) is 11.1 Å². The number of para-hydroxylation sites is 1. The summed E-state index contributed by atoms with van der Waals surface area (Å²) in [7, 11) is 0. The van der Waals surface area contributed by atoms with E-state index in [1.165, 1.54) is 12.1 Å². The van der Waals surface area contributed by atoms with Crippen LogP contribution >= 0.6 is 0 Å². The minimum Gasteiger partial charge on any atom is -0.488 e. The highest BCUT2D eigenvalue weighted by atomic mass is 16.6. The lowest BCUT2D eigenvalue weighted by atomic mass is 10.0. The molecule has 0 radical (unpaired) electrons. The quantitative estimate of drug-likeness (QED) is 0.256. The van der Waals surface area contributed by atoms with Crippen LogP contribution in [0.1, 0.15) is 22.3 Å². The van der Waals surface area contributed by atoms with Gasteiger partial charge in [-0.1, -0.05) is 30.3 Å². The van der Waals surface area contributed by atoms with Crippen LogP contribution in [0.4, 0.5) is 5.69 Å². The number of non-ortho nitro benzene ring substituents is 1. The Morgan fingerprint density at radius 2 is 1.69 bits per heavy atom. The number of rotatable bonds is 6. The van der Waals surface area contributed by atoms with E-state index >= 15 is 0 Å². The van der Waals surface area contributed by atoms with E-state index in [9.17, 15) is 15.4 Å². The number of allylic oxidation sites excluding steroid dienone is 1. The van der Waals surface area contributed by atoms with Crippen molar-refractivity contribution >= 4 is 17.3 Å². The number of ether oxygens (including phenoxy) is 1. The monoisotopic (exact) mass is 381 g/mol. The van der Waals surface area contributed by atoms with Gasteiger partial charge in [0.05, 0.1) is 28.2 Å². The Morgan fingerprint density at radius 1 is 1.00 bits per heavy atom. The van der Waals surface area contributed by atoms with Crippen molar-refractivity contribution in [3.8, 4) is 17.9 Å². The lowest BCUT2D eigenvalue weighted by Gasteiger charge is -2.10. The molecule has 0 aliphatic carbocycles. The molecule has 0 aliphatic heterocycles. The zero-order valence-electron chi connectivity index (χ0n) is 15.3. The van der Waals surface area contributed by atoms with Gasteiger partial charge in [0, 0.05) is 17.7 Å². The molecule has 0 saturated heterocycles. The van der Waals surface area contributed by atoms with Crippen LogP contribution in [0, 0.1) is 32.8 Å². The summed E-state index contributed by atoms with van der Waals surface area (Å²) in [5.74, 6) is 0.590. The molecular formula is C23H15N3O3. The van der Waals surface area contributed by atoms with Gasteiger partial charge in [-0.25, -0.2) is 0 Å². The average Bonchev–Trinajstić information content (AvgIpc) is 2.77. The van der Waals surface area contributed by atoms with E-state index in [4.69, 9.17) is 10.00 Å². The molecule has 0 aliphatic rings. The fourth-order valence-corrected chi connectivity index (χ4v) is 2.67. The summed E-state index contributed by atoms with van der Waals surface area (Å²) in [6.07, 6.45) is 1.73. The minimum absolute atomic E-state index is 0.0261. The number of nitro benzene ring substituents is 1. The number of benzene rings is 3. The van der Waals surface area contributed by atoms with Gasteiger partial charge in [0.2, 0.25) is 0 Å². The lowest BCUT2D eigenvalue weighted by Crippen LogP contribution is -1.97. The third kappa shape index (κ3) is 4.85. The second-order valence-electron chi connectivity index (χ2n) is 6.11. The molecule has 0 amide bonds. The molecule has 3 rings (SSSR count). The Balaban J connectivity index is 1.82. The van der Waals surface area contributed by atoms with Crippen molar-refractivity contribution in [3.05, 3.63) is 105 Å². The fraction of sp³-hybridized carbons (Fsp3) is 0.0435. The van der Waals surface area contributed by atoms with Crippen molar-refractivity contribution in [2.24, 2.45) is 0 Å². The summed E-state index contributed by atoms with van der Waals surface area (Å²) < 4.78 is 5.87. The van der Waals surface area contributed by atoms with Crippen molar-refractivity contribution < 1.29 is 9.66 Å². The summed E-state index contributed by atoms with van der Waals surface area (Å²) in [5, 5.41) is 29.2. The summed E-state index contributed by atoms with van der Waals surface area (Å²) >= 11 is 0. The van der Waals surface area contributed by atoms with Crippen molar-refractivity contribution in [3.63, 3.8) is 0 Å². The third-order valence-electron chi connectivity index (χ3n) is 4.21. The van der Waals surface area contributed by atoms with Crippen LogP contribution in [0.5, 0.6) is 5.75 Å². The fourth-order valence-electron chi connectivity index (χ4n) is 2.67. The van der Waals surface area contributed by atoms with Crippen LogP contribution in [0.25, 0.3) is 11.6 Å². The molecule has 0 atom stereocenters. The number of hydrogen-bond acceptors (Lipinski definition) is 5. The molecule has 3 aromatic carbocycles. The van der Waals surface area contributed by atoms with Crippen LogP contribution in [0.15, 0.2) is 72.8 Å². The van der Waals surface area contributed by atoms with Gasteiger partial charge >= 0.3 is 0 Å². The van der Waals surface area contributed by atoms with E-state index in [1.54, 1.807) is 48.5 Å². The predicted molar refractivity (Wildman–Crippen MR) is 109 cm³/mol. The van der Waals surface area contributed by atoms with Crippen molar-refractivity contribution in [1.29, 1.82) is 10.5 Å². The molecule has 0 N–H and O–H groups in total. The molecule has 0 saturated carbocycles. The Hall–Kier alpha value is -4.42. The van der Waals surface area contributed by atoms with Gasteiger partial charge in [-0.15, -0.1) is 0 Å². The maximum absolute atomic E-state index is 10.7. The first-order valence-corrected chi connectivity index (χ1v) is 8.68. The molecule has 6 nitrogen and oxygen atoms in total. The van der Waals surface area contributed by atoms with Gasteiger partial charge in [0.1, 0.15) is 12.4 Å². The van der Waals surface area contributed by atoms with Crippen LogP contribution in [-0.2, 0) is 6.61 Å². The van der Waals surface area contributed by atoms with E-state index in [1.807, 2.05) is 18.2 Å². The molecular weight excluding hydrogens is 366 g/mol. The maximum Gasteiger partial charge on any atom is 0.269 e. The van der Waals surface area contributed by atoms with Crippen LogP contribution in [0.2, 0.25) is 0 Å². The molecule has 3 aromatic rings. The summed E-state index contributed by atoms with van der Waals surface area (Å²) in [6, 6.07) is 24.5. The normalized spacial score (nSPS) is 10.6. The highest BCUT2D eigenvalue weighted by Crippen LogP contribution is 2.26. The molecule has 140 valence electrons. The van der Waals surface area contributed by atoms with E-state index in [2.05, 4.69) is 12.1 Å². The van der Waals surface area contributed by atoms with Gasteiger partial charge in [-0.2, -0.15) is 10.5 Å². The molecule has 0 aromatic heterocycles. The van der Waals surface area contributed by atoms with E-state index in [-0.39, 0.29) is 12.3 Å². The van der Waals surface area contributed by atoms with Gasteiger partial charge in [-0.05, 0) is 47.5 Å². The number of nitrogens with zero attached hydrogens (tertiary/aromatic N) is 3. The van der Waals surface area contributed by atoms with Crippen LogP contribution in [0.3, 0.4) is 0 Å². The van der Waals surface area contributed by atoms with Crippen molar-refractivity contribution in [2.45, 2.75) is 6.61 Å². The Labute approximate surface area is 167 Å². The summed E-state index contributed by atoms with van der Waals surface area (Å²) in [4.78, 5) is 10.3. The van der Waals surface area contributed by atoms with Gasteiger partial charge in [0.25, 0.3) is 5.69 Å². The van der Waals surface area contributed by atoms with E-state index < -0.39 is 4.92 Å². The highest BCUT2D eigenvalue weighted by Gasteiger charge is 2.07. The van der Waals surface area contributed by atoms with E-state index in [0.29, 0.717) is 22.4 Å². The molecule has 29 heavy (non-hydrogen) atoms. The Bertz CT molecular complexity index is 1140. The predicted octanol–water partition coefficient (Wildman–Crippen LogP) is 5.11. The first kappa shape index (κ1) is 19.3. The van der Waals surface area contributed by atoms with Gasteiger partial charge in [0.15, 0.2) is 0 Å². The zero-order chi connectivity index (χ0) is 20.6. The second-order valence-corrected chi connectivity index (χ2v) is 6.11. The Morgan fingerprint density at radius 3 is 2.31 bits per heavy atom. The number of nitro groups is 1. The first-order valence-electron chi connectivity index (χ1n) is 8.68. The topological polar surface area (TPSA) is 99.9 Å². The second kappa shape index (κ2) is 8.98. The maximum atomic E-state index is 10.7. The zero-order valence-corrected chi connectivity index (χ0v) is 15.3. The molecule has 0 fully saturated rings. The number of nitriles is 2. The number of hydrogen-bond donors (Lipinski definition) is 0. The smallest absolute Gasteiger partial charge is 0.269 e.